The highest BCUT2D eigenvalue weighted by molar-refractivity contribution is 5.70. The molecule has 0 unspecified atom stereocenters. The summed E-state index contributed by atoms with van der Waals surface area (Å²) >= 11 is 0. The summed E-state index contributed by atoms with van der Waals surface area (Å²) in [6, 6.07) is 10.9. The van der Waals surface area contributed by atoms with Gasteiger partial charge in [-0.25, -0.2) is 0 Å². The molecule has 84 valence electrons. The highest BCUT2D eigenvalue weighted by atomic mass is 16.5. The third-order valence-electron chi connectivity index (χ3n) is 2.02. The van der Waals surface area contributed by atoms with Crippen LogP contribution in [0.1, 0.15) is 18.4 Å². The number of rotatable bonds is 5. The van der Waals surface area contributed by atoms with Gasteiger partial charge >= 0.3 is 5.97 Å². The molecule has 1 aromatic carbocycles. The van der Waals surface area contributed by atoms with Crippen molar-refractivity contribution in [3.05, 3.63) is 35.9 Å². The minimum Gasteiger partial charge on any atom is -0.461 e. The number of hydrogen-bond donors (Lipinski definition) is 1. The second kappa shape index (κ2) is 6.59. The van der Waals surface area contributed by atoms with Crippen LogP contribution in [0, 0.1) is 11.3 Å². The van der Waals surface area contributed by atoms with Crippen molar-refractivity contribution in [3.8, 4) is 6.07 Å². The van der Waals surface area contributed by atoms with E-state index in [2.05, 4.69) is 0 Å². The van der Waals surface area contributed by atoms with Crippen LogP contribution in [0.25, 0.3) is 0 Å². The molecule has 0 saturated carbocycles. The molecule has 0 spiro atoms. The zero-order valence-electron chi connectivity index (χ0n) is 8.93. The average Bonchev–Trinajstić information content (AvgIpc) is 2.28. The second-order valence-corrected chi connectivity index (χ2v) is 3.47. The maximum Gasteiger partial charge on any atom is 0.307 e. The van der Waals surface area contributed by atoms with Crippen molar-refractivity contribution < 1.29 is 9.53 Å². The minimum atomic E-state index is -0.437. The van der Waals surface area contributed by atoms with Crippen LogP contribution in [0.5, 0.6) is 0 Å². The van der Waals surface area contributed by atoms with Gasteiger partial charge in [0.05, 0.1) is 18.9 Å². The Hall–Kier alpha value is -1.86. The Kier molecular flexibility index (Phi) is 5.03. The fourth-order valence-electron chi connectivity index (χ4n) is 1.20. The Morgan fingerprint density at radius 3 is 2.75 bits per heavy atom. The topological polar surface area (TPSA) is 76.1 Å². The number of nitriles is 1. The lowest BCUT2D eigenvalue weighted by molar-refractivity contribution is -0.145. The summed E-state index contributed by atoms with van der Waals surface area (Å²) in [5.74, 6) is -0.369. The van der Waals surface area contributed by atoms with Gasteiger partial charge in [-0.1, -0.05) is 30.3 Å². The molecule has 1 atom stereocenters. The van der Waals surface area contributed by atoms with Crippen molar-refractivity contribution in [1.29, 1.82) is 5.26 Å². The van der Waals surface area contributed by atoms with Crippen molar-refractivity contribution in [2.75, 3.05) is 0 Å². The molecule has 0 heterocycles. The monoisotopic (exact) mass is 218 g/mol. The molecule has 0 saturated heterocycles. The van der Waals surface area contributed by atoms with Gasteiger partial charge < -0.3 is 10.5 Å². The van der Waals surface area contributed by atoms with Crippen LogP contribution in [-0.4, -0.2) is 12.0 Å². The van der Waals surface area contributed by atoms with E-state index in [1.54, 1.807) is 0 Å². The Labute approximate surface area is 94.6 Å². The Balaban J connectivity index is 2.28. The molecule has 0 aliphatic heterocycles. The van der Waals surface area contributed by atoms with Gasteiger partial charge in [-0.05, 0) is 5.56 Å². The van der Waals surface area contributed by atoms with E-state index in [9.17, 15) is 4.79 Å². The number of carbonyl (C=O) groups excluding carboxylic acids is 1. The van der Waals surface area contributed by atoms with E-state index >= 15 is 0 Å². The average molecular weight is 218 g/mol. The summed E-state index contributed by atoms with van der Waals surface area (Å²) in [5.41, 5.74) is 6.47. The highest BCUT2D eigenvalue weighted by Gasteiger charge is 2.10. The third kappa shape index (κ3) is 4.58. The number of nitrogens with zero attached hydrogens (tertiary/aromatic N) is 1. The molecule has 0 aliphatic carbocycles. The van der Waals surface area contributed by atoms with E-state index in [4.69, 9.17) is 15.7 Å². The Morgan fingerprint density at radius 2 is 2.12 bits per heavy atom. The summed E-state index contributed by atoms with van der Waals surface area (Å²) < 4.78 is 5.02. The van der Waals surface area contributed by atoms with E-state index in [1.165, 1.54) is 0 Å². The predicted molar refractivity (Wildman–Crippen MR) is 59.1 cm³/mol. The zero-order valence-corrected chi connectivity index (χ0v) is 8.93. The minimum absolute atomic E-state index is 0.0837. The van der Waals surface area contributed by atoms with E-state index in [0.29, 0.717) is 0 Å². The number of carbonyl (C=O) groups is 1. The van der Waals surface area contributed by atoms with Gasteiger partial charge in [-0.3, -0.25) is 4.79 Å². The molecule has 4 nitrogen and oxygen atoms in total. The van der Waals surface area contributed by atoms with Crippen LogP contribution in [0.3, 0.4) is 0 Å². The van der Waals surface area contributed by atoms with Crippen LogP contribution in [0.15, 0.2) is 30.3 Å². The summed E-state index contributed by atoms with van der Waals surface area (Å²) in [6.07, 6.45) is 0.251. The van der Waals surface area contributed by atoms with Gasteiger partial charge in [-0.15, -0.1) is 0 Å². The zero-order chi connectivity index (χ0) is 11.8. The maximum absolute atomic E-state index is 11.3. The number of nitrogens with two attached hydrogens (primary N) is 1. The quantitative estimate of drug-likeness (QED) is 0.757. The molecule has 4 heteroatoms. The second-order valence-electron chi connectivity index (χ2n) is 3.47. The third-order valence-corrected chi connectivity index (χ3v) is 2.02. The number of ether oxygens (including phenoxy) is 1. The molecular weight excluding hydrogens is 204 g/mol. The van der Waals surface area contributed by atoms with Gasteiger partial charge in [0.15, 0.2) is 0 Å². The first kappa shape index (κ1) is 12.2. The lowest BCUT2D eigenvalue weighted by atomic mass is 10.2. The molecule has 0 radical (unpaired) electrons. The SMILES string of the molecule is N#CC[C@H](N)CC(=O)OCc1ccccc1. The fourth-order valence-corrected chi connectivity index (χ4v) is 1.20. The highest BCUT2D eigenvalue weighted by Crippen LogP contribution is 2.03. The van der Waals surface area contributed by atoms with Crippen molar-refractivity contribution >= 4 is 5.97 Å². The first-order chi connectivity index (χ1) is 7.72. The van der Waals surface area contributed by atoms with Crippen molar-refractivity contribution in [3.63, 3.8) is 0 Å². The van der Waals surface area contributed by atoms with E-state index in [1.807, 2.05) is 36.4 Å². The van der Waals surface area contributed by atoms with Gasteiger partial charge in [0.1, 0.15) is 6.61 Å². The van der Waals surface area contributed by atoms with Crippen LogP contribution < -0.4 is 5.73 Å². The van der Waals surface area contributed by atoms with E-state index in [-0.39, 0.29) is 25.4 Å². The Bertz CT molecular complexity index is 370. The van der Waals surface area contributed by atoms with Crippen molar-refractivity contribution in [2.24, 2.45) is 5.73 Å². The summed E-state index contributed by atoms with van der Waals surface area (Å²) in [5, 5.41) is 8.38. The lowest BCUT2D eigenvalue weighted by Crippen LogP contribution is -2.24. The van der Waals surface area contributed by atoms with Crippen molar-refractivity contribution in [2.45, 2.75) is 25.5 Å². The molecule has 0 amide bonds. The van der Waals surface area contributed by atoms with E-state index < -0.39 is 6.04 Å². The summed E-state index contributed by atoms with van der Waals surface area (Å²) in [4.78, 5) is 11.3. The molecule has 1 aromatic rings. The molecule has 0 aromatic heterocycles. The molecular formula is C12H14N2O2. The lowest BCUT2D eigenvalue weighted by Gasteiger charge is -2.07. The Morgan fingerprint density at radius 1 is 1.44 bits per heavy atom. The van der Waals surface area contributed by atoms with Crippen LogP contribution in [0.2, 0.25) is 0 Å². The summed E-state index contributed by atoms with van der Waals surface area (Å²) in [7, 11) is 0. The standard InChI is InChI=1S/C12H14N2O2/c13-7-6-11(14)8-12(15)16-9-10-4-2-1-3-5-10/h1-5,11H,6,8-9,14H2/t11-/m0/s1. The predicted octanol–water partition coefficient (Wildman–Crippen LogP) is 1.36. The van der Waals surface area contributed by atoms with E-state index in [0.717, 1.165) is 5.56 Å². The maximum atomic E-state index is 11.3. The first-order valence-electron chi connectivity index (χ1n) is 5.04. The molecule has 1 rings (SSSR count). The molecule has 0 aliphatic rings. The number of benzene rings is 1. The van der Waals surface area contributed by atoms with Crippen LogP contribution >= 0.6 is 0 Å². The summed E-state index contributed by atoms with van der Waals surface area (Å²) in [6.45, 7) is 0.249. The first-order valence-corrected chi connectivity index (χ1v) is 5.04. The smallest absolute Gasteiger partial charge is 0.307 e. The number of hydrogen-bond acceptors (Lipinski definition) is 4. The van der Waals surface area contributed by atoms with Gasteiger partial charge in [-0.2, -0.15) is 5.26 Å². The molecule has 16 heavy (non-hydrogen) atoms. The largest absolute Gasteiger partial charge is 0.461 e. The molecule has 0 fully saturated rings. The van der Waals surface area contributed by atoms with Crippen LogP contribution in [0.4, 0.5) is 0 Å². The van der Waals surface area contributed by atoms with Gasteiger partial charge in [0.2, 0.25) is 0 Å². The van der Waals surface area contributed by atoms with Gasteiger partial charge in [0, 0.05) is 6.04 Å². The molecule has 2 N–H and O–H groups in total. The fraction of sp³-hybridized carbons (Fsp3) is 0.333. The van der Waals surface area contributed by atoms with Gasteiger partial charge in [0.25, 0.3) is 0 Å². The molecule has 0 bridgehead atoms. The normalized spacial score (nSPS) is 11.5. The number of esters is 1. The van der Waals surface area contributed by atoms with Crippen LogP contribution in [-0.2, 0) is 16.1 Å². The van der Waals surface area contributed by atoms with Crippen molar-refractivity contribution in [1.82, 2.24) is 0 Å².